The number of aromatic nitrogens is 4. The Kier molecular flexibility index (Phi) is 3.31. The number of imidazole rings is 1. The number of nitrogens with two attached hydrogens (primary N) is 1. The van der Waals surface area contributed by atoms with E-state index in [1.165, 1.54) is 7.05 Å². The first-order valence-corrected chi connectivity index (χ1v) is 6.57. The first-order chi connectivity index (χ1) is 10.7. The lowest BCUT2D eigenvalue weighted by atomic mass is 10.1. The van der Waals surface area contributed by atoms with Crippen LogP contribution in [0.15, 0.2) is 9.59 Å². The van der Waals surface area contributed by atoms with Crippen molar-refractivity contribution in [2.45, 2.75) is 24.2 Å². The molecule has 23 heavy (non-hydrogen) atoms. The van der Waals surface area contributed by atoms with Gasteiger partial charge in [-0.05, 0) is 0 Å². The lowest BCUT2D eigenvalue weighted by molar-refractivity contribution is -0.288. The highest BCUT2D eigenvalue weighted by Gasteiger charge is 2.56. The van der Waals surface area contributed by atoms with Crippen LogP contribution in [0, 0.1) is 0 Å². The monoisotopic (exact) mass is 329 g/mol. The largest absolute Gasteiger partial charge is 0.394 e. The Balaban J connectivity index is 2.35. The topological polar surface area (TPSA) is 189 Å². The van der Waals surface area contributed by atoms with E-state index >= 15 is 0 Å². The molecule has 0 bridgehead atoms. The number of rotatable bonds is 2. The van der Waals surface area contributed by atoms with Gasteiger partial charge >= 0.3 is 5.69 Å². The molecule has 0 unspecified atom stereocenters. The molecule has 2 aromatic rings. The van der Waals surface area contributed by atoms with Crippen LogP contribution in [0.25, 0.3) is 11.2 Å². The molecule has 0 aliphatic carbocycles. The Bertz CT molecular complexity index is 885. The molecule has 126 valence electrons. The zero-order valence-corrected chi connectivity index (χ0v) is 11.9. The van der Waals surface area contributed by atoms with Crippen LogP contribution in [0.5, 0.6) is 0 Å². The zero-order chi connectivity index (χ0) is 17.1. The Morgan fingerprint density at radius 3 is 2.65 bits per heavy atom. The van der Waals surface area contributed by atoms with Gasteiger partial charge in [0.05, 0.1) is 6.61 Å². The minimum atomic E-state index is -2.73. The third-order valence-electron chi connectivity index (χ3n) is 3.84. The quantitative estimate of drug-likeness (QED) is 0.317. The van der Waals surface area contributed by atoms with E-state index in [4.69, 9.17) is 15.6 Å². The molecule has 0 radical (unpaired) electrons. The van der Waals surface area contributed by atoms with E-state index in [2.05, 4.69) is 9.97 Å². The van der Waals surface area contributed by atoms with E-state index in [1.807, 2.05) is 0 Å². The van der Waals surface area contributed by atoms with Crippen molar-refractivity contribution < 1.29 is 25.2 Å². The summed E-state index contributed by atoms with van der Waals surface area (Å²) in [5.41, 5.74) is 3.22. The molecule has 3 rings (SSSR count). The van der Waals surface area contributed by atoms with Gasteiger partial charge in [-0.15, -0.1) is 0 Å². The molecule has 12 heteroatoms. The first-order valence-electron chi connectivity index (χ1n) is 6.57. The Labute approximate surface area is 127 Å². The predicted molar refractivity (Wildman–Crippen MR) is 74.2 cm³/mol. The second kappa shape index (κ2) is 4.87. The van der Waals surface area contributed by atoms with Gasteiger partial charge in [-0.25, -0.2) is 9.36 Å². The molecule has 1 aliphatic heterocycles. The van der Waals surface area contributed by atoms with Crippen LogP contribution in [0.2, 0.25) is 0 Å². The van der Waals surface area contributed by atoms with Crippen LogP contribution in [-0.4, -0.2) is 64.4 Å². The summed E-state index contributed by atoms with van der Waals surface area (Å²) in [7, 11) is 1.25. The number of nitrogens with zero attached hydrogens (tertiary/aromatic N) is 3. The van der Waals surface area contributed by atoms with E-state index in [0.29, 0.717) is 4.57 Å². The SMILES string of the molecule is Cn1c(=O)n([C@]2(O)O[C@H](CO)[C@@H](O)[C@H]2O)c2nc(N)[nH]c(=O)c21. The van der Waals surface area contributed by atoms with Crippen LogP contribution in [0.1, 0.15) is 0 Å². The molecular weight excluding hydrogens is 314 g/mol. The Morgan fingerprint density at radius 1 is 1.43 bits per heavy atom. The third-order valence-corrected chi connectivity index (χ3v) is 3.84. The average Bonchev–Trinajstić information content (AvgIpc) is 2.86. The summed E-state index contributed by atoms with van der Waals surface area (Å²) >= 11 is 0. The standard InChI is InChI=1S/C11H15N5O7/c1-15-4-7(13-9(12)14-8(4)20)16(10(15)21)11(22)6(19)5(18)3(2-17)23-11/h3,5-6,17-19,22H,2H2,1H3,(H3,12,13,14,20)/t3-,5-,6-,11-/m1/s1. The molecule has 0 aromatic carbocycles. The summed E-state index contributed by atoms with van der Waals surface area (Å²) in [5, 5.41) is 39.6. The maximum absolute atomic E-state index is 12.4. The molecule has 3 heterocycles. The number of ether oxygens (including phenoxy) is 1. The summed E-state index contributed by atoms with van der Waals surface area (Å²) < 4.78 is 6.45. The number of nitrogen functional groups attached to an aromatic ring is 1. The van der Waals surface area contributed by atoms with Gasteiger partial charge in [-0.1, -0.05) is 0 Å². The van der Waals surface area contributed by atoms with Crippen LogP contribution in [0.3, 0.4) is 0 Å². The van der Waals surface area contributed by atoms with Crippen molar-refractivity contribution >= 4 is 17.1 Å². The van der Waals surface area contributed by atoms with E-state index < -0.39 is 42.1 Å². The van der Waals surface area contributed by atoms with Crippen LogP contribution >= 0.6 is 0 Å². The molecule has 0 amide bonds. The van der Waals surface area contributed by atoms with Crippen LogP contribution in [-0.2, 0) is 17.7 Å². The maximum Gasteiger partial charge on any atom is 0.334 e. The molecule has 1 saturated heterocycles. The van der Waals surface area contributed by atoms with Crippen molar-refractivity contribution in [1.29, 1.82) is 0 Å². The van der Waals surface area contributed by atoms with E-state index in [1.54, 1.807) is 0 Å². The van der Waals surface area contributed by atoms with E-state index in [9.17, 15) is 24.9 Å². The number of nitrogens with one attached hydrogen (secondary N) is 1. The number of hydrogen-bond acceptors (Lipinski definition) is 9. The minimum Gasteiger partial charge on any atom is -0.394 e. The summed E-state index contributed by atoms with van der Waals surface area (Å²) in [6, 6.07) is 0. The highest BCUT2D eigenvalue weighted by atomic mass is 16.7. The fourth-order valence-corrected chi connectivity index (χ4v) is 2.67. The van der Waals surface area contributed by atoms with Crippen molar-refractivity contribution in [3.63, 3.8) is 0 Å². The number of aliphatic hydroxyl groups excluding tert-OH is 3. The van der Waals surface area contributed by atoms with Crippen molar-refractivity contribution in [3.05, 3.63) is 20.8 Å². The fourth-order valence-electron chi connectivity index (χ4n) is 2.67. The second-order valence-corrected chi connectivity index (χ2v) is 5.23. The molecule has 0 spiro atoms. The lowest BCUT2D eigenvalue weighted by Crippen LogP contribution is -2.50. The van der Waals surface area contributed by atoms with E-state index in [-0.39, 0.29) is 17.1 Å². The van der Waals surface area contributed by atoms with Gasteiger partial charge < -0.3 is 30.9 Å². The normalized spacial score (nSPS) is 31.1. The number of hydrogen-bond donors (Lipinski definition) is 6. The van der Waals surface area contributed by atoms with Crippen LogP contribution < -0.4 is 17.0 Å². The van der Waals surface area contributed by atoms with Gasteiger partial charge in [-0.2, -0.15) is 4.98 Å². The number of aromatic amines is 1. The highest BCUT2D eigenvalue weighted by Crippen LogP contribution is 2.33. The molecular formula is C11H15N5O7. The van der Waals surface area contributed by atoms with E-state index in [0.717, 1.165) is 4.57 Å². The van der Waals surface area contributed by atoms with Crippen molar-refractivity contribution in [2.24, 2.45) is 7.05 Å². The summed E-state index contributed by atoms with van der Waals surface area (Å²) in [5.74, 6) is -3.05. The van der Waals surface area contributed by atoms with Gasteiger partial charge in [0.25, 0.3) is 11.5 Å². The van der Waals surface area contributed by atoms with Gasteiger partial charge in [0.2, 0.25) is 5.95 Å². The molecule has 2 aromatic heterocycles. The Morgan fingerprint density at radius 2 is 2.09 bits per heavy atom. The number of fused-ring (bicyclic) bond motifs is 1. The van der Waals surface area contributed by atoms with Gasteiger partial charge in [0.1, 0.15) is 12.2 Å². The number of H-pyrrole nitrogens is 1. The Hall–Kier alpha value is -2.25. The molecule has 4 atom stereocenters. The first kappa shape index (κ1) is 15.6. The molecule has 1 aliphatic rings. The predicted octanol–water partition coefficient (Wildman–Crippen LogP) is -4.28. The van der Waals surface area contributed by atoms with Gasteiger partial charge in [0.15, 0.2) is 17.3 Å². The minimum absolute atomic E-state index is 0.213. The summed E-state index contributed by atoms with van der Waals surface area (Å²) in [6.45, 7) is -0.712. The zero-order valence-electron chi connectivity index (χ0n) is 11.9. The number of aliphatic hydroxyl groups is 4. The van der Waals surface area contributed by atoms with Crippen molar-refractivity contribution in [2.75, 3.05) is 12.3 Å². The lowest BCUT2D eigenvalue weighted by Gasteiger charge is -2.26. The second-order valence-electron chi connectivity index (χ2n) is 5.23. The number of anilines is 1. The molecule has 7 N–H and O–H groups in total. The van der Waals surface area contributed by atoms with Crippen LogP contribution in [0.4, 0.5) is 5.95 Å². The highest BCUT2D eigenvalue weighted by molar-refractivity contribution is 5.71. The summed E-state index contributed by atoms with van der Waals surface area (Å²) in [4.78, 5) is 30.3. The van der Waals surface area contributed by atoms with Gasteiger partial charge in [0, 0.05) is 7.05 Å². The maximum atomic E-state index is 12.4. The van der Waals surface area contributed by atoms with Crippen molar-refractivity contribution in [3.8, 4) is 0 Å². The number of aryl methyl sites for hydroxylation is 1. The van der Waals surface area contributed by atoms with Crippen molar-refractivity contribution in [1.82, 2.24) is 19.1 Å². The molecule has 0 saturated carbocycles. The fraction of sp³-hybridized carbons (Fsp3) is 0.545. The molecule has 12 nitrogen and oxygen atoms in total. The smallest absolute Gasteiger partial charge is 0.334 e. The summed E-state index contributed by atoms with van der Waals surface area (Å²) in [6.07, 6.45) is -4.96. The average molecular weight is 329 g/mol. The third kappa shape index (κ3) is 1.93. The molecule has 1 fully saturated rings. The van der Waals surface area contributed by atoms with Gasteiger partial charge in [-0.3, -0.25) is 14.3 Å².